The smallest absolute Gasteiger partial charge is 0.127 e. The van der Waals surface area contributed by atoms with Crippen molar-refractivity contribution >= 4 is 5.57 Å². The molecular weight excluding hydrogens is 341 g/mol. The molecule has 0 unspecified atom stereocenters. The van der Waals surface area contributed by atoms with Gasteiger partial charge in [-0.1, -0.05) is 12.1 Å². The number of hydrogen-bond donors (Lipinski definition) is 0. The Hall–Kier alpha value is -2.33. The van der Waals surface area contributed by atoms with Crippen molar-refractivity contribution in [3.05, 3.63) is 65.0 Å². The molecule has 4 heteroatoms. The van der Waals surface area contributed by atoms with Crippen molar-refractivity contribution in [3.63, 3.8) is 0 Å². The van der Waals surface area contributed by atoms with Crippen LogP contribution in [0.2, 0.25) is 0 Å². The van der Waals surface area contributed by atoms with Crippen LogP contribution in [0.4, 0.5) is 4.39 Å². The van der Waals surface area contributed by atoms with Crippen LogP contribution < -0.4 is 9.47 Å². The highest BCUT2D eigenvalue weighted by atomic mass is 19.1. The maximum atomic E-state index is 13.5. The second-order valence-corrected chi connectivity index (χ2v) is 7.73. The first-order valence-corrected chi connectivity index (χ1v) is 9.90. The van der Waals surface area contributed by atoms with E-state index in [0.29, 0.717) is 12.7 Å². The third-order valence-corrected chi connectivity index (χ3v) is 5.55. The Balaban J connectivity index is 1.57. The van der Waals surface area contributed by atoms with Gasteiger partial charge in [0.25, 0.3) is 0 Å². The van der Waals surface area contributed by atoms with Crippen LogP contribution in [0.3, 0.4) is 0 Å². The summed E-state index contributed by atoms with van der Waals surface area (Å²) in [4.78, 5) is 2.48. The normalized spacial score (nSPS) is 19.7. The molecular formula is C23H24FNO2. The fourth-order valence-electron chi connectivity index (χ4n) is 4.02. The molecule has 0 aromatic heterocycles. The van der Waals surface area contributed by atoms with E-state index in [9.17, 15) is 4.39 Å². The van der Waals surface area contributed by atoms with Gasteiger partial charge in [-0.2, -0.15) is 0 Å². The van der Waals surface area contributed by atoms with Gasteiger partial charge in [0.1, 0.15) is 23.9 Å². The van der Waals surface area contributed by atoms with Crippen LogP contribution >= 0.6 is 0 Å². The third-order valence-electron chi connectivity index (χ3n) is 5.55. The highest BCUT2D eigenvalue weighted by Gasteiger charge is 2.27. The Kier molecular flexibility index (Phi) is 4.36. The summed E-state index contributed by atoms with van der Waals surface area (Å²) in [5.41, 5.74) is 4.53. The van der Waals surface area contributed by atoms with E-state index in [1.807, 2.05) is 24.3 Å². The summed E-state index contributed by atoms with van der Waals surface area (Å²) in [6.45, 7) is 3.76. The molecule has 2 fully saturated rings. The lowest BCUT2D eigenvalue weighted by atomic mass is 9.90. The van der Waals surface area contributed by atoms with Crippen LogP contribution in [0.25, 0.3) is 5.57 Å². The first-order chi connectivity index (χ1) is 13.3. The number of rotatable bonds is 5. The van der Waals surface area contributed by atoms with Crippen LogP contribution in [0.1, 0.15) is 36.8 Å². The van der Waals surface area contributed by atoms with Crippen molar-refractivity contribution in [2.24, 2.45) is 0 Å². The first-order valence-electron chi connectivity index (χ1n) is 9.90. The summed E-state index contributed by atoms with van der Waals surface area (Å²) in [6, 6.07) is 12.9. The van der Waals surface area contributed by atoms with Crippen molar-refractivity contribution in [3.8, 4) is 11.5 Å². The molecule has 3 nitrogen and oxygen atoms in total. The Bertz CT molecular complexity index is 864. The molecule has 140 valence electrons. The van der Waals surface area contributed by atoms with Crippen LogP contribution in [0.15, 0.2) is 48.0 Å². The van der Waals surface area contributed by atoms with E-state index in [2.05, 4.69) is 11.0 Å². The number of likely N-dealkylation sites (tertiary alicyclic amines) is 1. The van der Waals surface area contributed by atoms with Crippen molar-refractivity contribution in [1.29, 1.82) is 0 Å². The molecule has 5 rings (SSSR count). The molecule has 3 aliphatic rings. The summed E-state index contributed by atoms with van der Waals surface area (Å²) in [5.74, 6) is 1.56. The molecule has 1 aliphatic carbocycles. The zero-order valence-electron chi connectivity index (χ0n) is 15.4. The van der Waals surface area contributed by atoms with Crippen LogP contribution in [-0.2, 0) is 0 Å². The summed E-state index contributed by atoms with van der Waals surface area (Å²) in [7, 11) is 0. The molecule has 0 bridgehead atoms. The number of nitrogens with zero attached hydrogens (tertiary/aromatic N) is 1. The van der Waals surface area contributed by atoms with Gasteiger partial charge in [-0.25, -0.2) is 4.39 Å². The van der Waals surface area contributed by atoms with E-state index in [1.54, 1.807) is 0 Å². The van der Waals surface area contributed by atoms with Crippen LogP contribution in [0.5, 0.6) is 11.5 Å². The lowest BCUT2D eigenvalue weighted by Gasteiger charge is -2.28. The Labute approximate surface area is 159 Å². The molecule has 2 aliphatic heterocycles. The van der Waals surface area contributed by atoms with E-state index < -0.39 is 0 Å². The molecule has 27 heavy (non-hydrogen) atoms. The standard InChI is InChI=1S/C23H24FNO2/c24-18-5-3-16(4-6-18)23-17(14-25-11-1-2-12-25)15-26-22-10-9-20(13-21(22)23)27-19-7-8-19/h3-6,9-10,13,19H,1-2,7-8,11-12,14-15H2. The number of benzene rings is 2. The highest BCUT2D eigenvalue weighted by Crippen LogP contribution is 2.40. The van der Waals surface area contributed by atoms with Crippen molar-refractivity contribution in [2.45, 2.75) is 31.8 Å². The second-order valence-electron chi connectivity index (χ2n) is 7.73. The maximum Gasteiger partial charge on any atom is 0.127 e. The second kappa shape index (κ2) is 7.01. The van der Waals surface area contributed by atoms with E-state index in [1.165, 1.54) is 36.1 Å². The number of fused-ring (bicyclic) bond motifs is 1. The molecule has 0 radical (unpaired) electrons. The van der Waals surface area contributed by atoms with Gasteiger partial charge in [0.05, 0.1) is 6.10 Å². The van der Waals surface area contributed by atoms with E-state index >= 15 is 0 Å². The minimum absolute atomic E-state index is 0.210. The van der Waals surface area contributed by atoms with E-state index in [4.69, 9.17) is 9.47 Å². The molecule has 0 spiro atoms. The minimum atomic E-state index is -0.210. The number of ether oxygens (including phenoxy) is 2. The zero-order chi connectivity index (χ0) is 18.2. The Morgan fingerprint density at radius 2 is 1.81 bits per heavy atom. The van der Waals surface area contributed by atoms with Gasteiger partial charge < -0.3 is 9.47 Å². The molecule has 1 saturated heterocycles. The van der Waals surface area contributed by atoms with Gasteiger partial charge in [0.2, 0.25) is 0 Å². The maximum absolute atomic E-state index is 13.5. The molecule has 2 heterocycles. The molecule has 2 aromatic rings. The Morgan fingerprint density at radius 1 is 1.04 bits per heavy atom. The lowest BCUT2D eigenvalue weighted by molar-refractivity contribution is 0.297. The predicted octanol–water partition coefficient (Wildman–Crippen LogP) is 4.66. The SMILES string of the molecule is Fc1ccc(C2=C(CN3CCCC3)COc3ccc(OC4CC4)cc32)cc1. The van der Waals surface area contributed by atoms with E-state index in [-0.39, 0.29) is 5.82 Å². The van der Waals surface area contributed by atoms with Gasteiger partial charge >= 0.3 is 0 Å². The monoisotopic (exact) mass is 365 g/mol. The first kappa shape index (κ1) is 16.8. The average Bonchev–Trinajstić information content (AvgIpc) is 3.34. The minimum Gasteiger partial charge on any atom is -0.490 e. The summed E-state index contributed by atoms with van der Waals surface area (Å²) < 4.78 is 25.6. The zero-order valence-corrected chi connectivity index (χ0v) is 15.4. The topological polar surface area (TPSA) is 21.7 Å². The summed E-state index contributed by atoms with van der Waals surface area (Å²) >= 11 is 0. The molecule has 2 aromatic carbocycles. The average molecular weight is 365 g/mol. The van der Waals surface area contributed by atoms with Gasteiger partial charge in [0.15, 0.2) is 0 Å². The van der Waals surface area contributed by atoms with Crippen LogP contribution in [0, 0.1) is 5.82 Å². The van der Waals surface area contributed by atoms with Gasteiger partial charge in [-0.05, 0) is 85.8 Å². The van der Waals surface area contributed by atoms with Crippen molar-refractivity contribution in [2.75, 3.05) is 26.2 Å². The van der Waals surface area contributed by atoms with Gasteiger partial charge in [0, 0.05) is 12.1 Å². The summed E-state index contributed by atoms with van der Waals surface area (Å²) in [6.07, 6.45) is 5.14. The summed E-state index contributed by atoms with van der Waals surface area (Å²) in [5, 5.41) is 0. The lowest BCUT2D eigenvalue weighted by Crippen LogP contribution is -2.26. The van der Waals surface area contributed by atoms with Gasteiger partial charge in [-0.3, -0.25) is 4.90 Å². The number of halogens is 1. The predicted molar refractivity (Wildman–Crippen MR) is 104 cm³/mol. The molecule has 0 atom stereocenters. The third kappa shape index (κ3) is 3.59. The fourth-order valence-corrected chi connectivity index (χ4v) is 4.02. The molecule has 0 amide bonds. The quantitative estimate of drug-likeness (QED) is 0.769. The fraction of sp³-hybridized carbons (Fsp3) is 0.391. The van der Waals surface area contributed by atoms with Gasteiger partial charge in [-0.15, -0.1) is 0 Å². The van der Waals surface area contributed by atoms with Crippen LogP contribution in [-0.4, -0.2) is 37.2 Å². The van der Waals surface area contributed by atoms with Crippen molar-refractivity contribution < 1.29 is 13.9 Å². The highest BCUT2D eigenvalue weighted by molar-refractivity contribution is 5.87. The number of hydrogen-bond acceptors (Lipinski definition) is 3. The van der Waals surface area contributed by atoms with Crippen molar-refractivity contribution in [1.82, 2.24) is 4.90 Å². The van der Waals surface area contributed by atoms with E-state index in [0.717, 1.165) is 55.1 Å². The largest absolute Gasteiger partial charge is 0.490 e. The molecule has 1 saturated carbocycles. The Morgan fingerprint density at radius 3 is 2.56 bits per heavy atom. The molecule has 0 N–H and O–H groups in total.